The first-order chi connectivity index (χ1) is 4.83. The lowest BCUT2D eigenvalue weighted by molar-refractivity contribution is -0.137. The van der Waals surface area contributed by atoms with Gasteiger partial charge < -0.3 is 9.64 Å². The fourth-order valence-electron chi connectivity index (χ4n) is 0.563. The van der Waals surface area contributed by atoms with E-state index in [1.807, 2.05) is 4.90 Å². The van der Waals surface area contributed by atoms with E-state index < -0.39 is 0 Å². The number of hydrogen-bond donors (Lipinski definition) is 0. The van der Waals surface area contributed by atoms with Gasteiger partial charge in [0.25, 0.3) is 0 Å². The van der Waals surface area contributed by atoms with E-state index in [0.717, 1.165) is 13.1 Å². The van der Waals surface area contributed by atoms with Crippen molar-refractivity contribution in [2.24, 2.45) is 0 Å². The molecule has 3 nitrogen and oxygen atoms in total. The molecule has 10 heavy (non-hydrogen) atoms. The van der Waals surface area contributed by atoms with Crippen molar-refractivity contribution >= 4 is 5.97 Å². The number of rotatable bonds is 3. The molecule has 1 aliphatic rings. The molecule has 1 heterocycles. The van der Waals surface area contributed by atoms with Gasteiger partial charge in [-0.2, -0.15) is 0 Å². The molecule has 0 atom stereocenters. The zero-order valence-corrected chi connectivity index (χ0v) is 6.04. The Kier molecular flexibility index (Phi) is 2.31. The lowest BCUT2D eigenvalue weighted by Gasteiger charge is -1.94. The summed E-state index contributed by atoms with van der Waals surface area (Å²) in [5.41, 5.74) is 0. The van der Waals surface area contributed by atoms with E-state index in [-0.39, 0.29) is 5.97 Å². The zero-order chi connectivity index (χ0) is 7.40. The Morgan fingerprint density at radius 2 is 2.40 bits per heavy atom. The van der Waals surface area contributed by atoms with Gasteiger partial charge in [-0.25, -0.2) is 4.79 Å². The summed E-state index contributed by atoms with van der Waals surface area (Å²) in [6, 6.07) is 0. The van der Waals surface area contributed by atoms with Crippen LogP contribution in [-0.2, 0) is 9.53 Å². The molecule has 0 saturated carbocycles. The van der Waals surface area contributed by atoms with Crippen molar-refractivity contribution < 1.29 is 9.53 Å². The smallest absolute Gasteiger partial charge is 0.332 e. The van der Waals surface area contributed by atoms with E-state index >= 15 is 0 Å². The number of nitrogens with zero attached hydrogens (tertiary/aromatic N) is 1. The summed E-state index contributed by atoms with van der Waals surface area (Å²) < 4.78 is 4.67. The molecule has 0 N–H and O–H groups in total. The molecule has 0 radical (unpaired) electrons. The third kappa shape index (κ3) is 2.53. The predicted molar refractivity (Wildman–Crippen MR) is 37.3 cm³/mol. The Labute approximate surface area is 60.3 Å². The van der Waals surface area contributed by atoms with E-state index in [1.54, 1.807) is 13.1 Å². The van der Waals surface area contributed by atoms with Crippen molar-refractivity contribution in [3.05, 3.63) is 12.3 Å². The molecule has 0 aliphatic carbocycles. The van der Waals surface area contributed by atoms with Crippen LogP contribution in [0, 0.1) is 0 Å². The standard InChI is InChI=1S/C7H11NO2/c1-2-10-7(9)3-4-8-5-6-8/h3-4H,2,5-6H2,1H3. The predicted octanol–water partition coefficient (Wildman–Crippen LogP) is 0.379. The van der Waals surface area contributed by atoms with Crippen LogP contribution in [0.4, 0.5) is 0 Å². The summed E-state index contributed by atoms with van der Waals surface area (Å²) >= 11 is 0. The van der Waals surface area contributed by atoms with Gasteiger partial charge in [0.05, 0.1) is 6.61 Å². The third-order valence-electron chi connectivity index (χ3n) is 1.19. The Hall–Kier alpha value is -0.990. The fraction of sp³-hybridized carbons (Fsp3) is 0.571. The molecule has 0 unspecified atom stereocenters. The second kappa shape index (κ2) is 3.25. The first kappa shape index (κ1) is 7.12. The van der Waals surface area contributed by atoms with Crippen molar-refractivity contribution in [3.63, 3.8) is 0 Å². The Morgan fingerprint density at radius 1 is 1.70 bits per heavy atom. The number of carbonyl (C=O) groups is 1. The summed E-state index contributed by atoms with van der Waals surface area (Å²) in [5, 5.41) is 0. The SMILES string of the molecule is CCOC(=O)C=CN1CC1. The van der Waals surface area contributed by atoms with Crippen molar-refractivity contribution in [2.75, 3.05) is 19.7 Å². The monoisotopic (exact) mass is 141 g/mol. The molecule has 0 spiro atoms. The molecule has 0 amide bonds. The highest BCUT2D eigenvalue weighted by molar-refractivity contribution is 5.81. The molecular weight excluding hydrogens is 130 g/mol. The van der Waals surface area contributed by atoms with Crippen LogP contribution in [0.15, 0.2) is 12.3 Å². The Balaban J connectivity index is 2.15. The van der Waals surface area contributed by atoms with Gasteiger partial charge in [-0.05, 0) is 6.92 Å². The van der Waals surface area contributed by atoms with Gasteiger partial charge in [0.1, 0.15) is 0 Å². The van der Waals surface area contributed by atoms with Crippen molar-refractivity contribution in [1.82, 2.24) is 4.90 Å². The van der Waals surface area contributed by atoms with Gasteiger partial charge in [-0.3, -0.25) is 0 Å². The van der Waals surface area contributed by atoms with Crippen LogP contribution < -0.4 is 0 Å². The lowest BCUT2D eigenvalue weighted by Crippen LogP contribution is -1.99. The summed E-state index contributed by atoms with van der Waals surface area (Å²) in [6.07, 6.45) is 3.22. The van der Waals surface area contributed by atoms with E-state index in [1.165, 1.54) is 6.08 Å². The highest BCUT2D eigenvalue weighted by Gasteiger charge is 2.11. The van der Waals surface area contributed by atoms with Gasteiger partial charge in [0, 0.05) is 25.4 Å². The molecular formula is C7H11NO2. The second-order valence-corrected chi connectivity index (χ2v) is 2.10. The normalized spacial score (nSPS) is 15.9. The highest BCUT2D eigenvalue weighted by Crippen LogP contribution is 2.02. The van der Waals surface area contributed by atoms with Crippen LogP contribution in [0.25, 0.3) is 0 Å². The molecule has 3 heteroatoms. The first-order valence-corrected chi connectivity index (χ1v) is 3.42. The largest absolute Gasteiger partial charge is 0.463 e. The quantitative estimate of drug-likeness (QED) is 0.323. The van der Waals surface area contributed by atoms with Gasteiger partial charge >= 0.3 is 5.97 Å². The maximum Gasteiger partial charge on any atom is 0.332 e. The zero-order valence-electron chi connectivity index (χ0n) is 6.04. The highest BCUT2D eigenvalue weighted by atomic mass is 16.5. The van der Waals surface area contributed by atoms with Crippen molar-refractivity contribution in [1.29, 1.82) is 0 Å². The second-order valence-electron chi connectivity index (χ2n) is 2.10. The molecule has 1 aliphatic heterocycles. The molecule has 0 bridgehead atoms. The summed E-state index contributed by atoms with van der Waals surface area (Å²) in [6.45, 7) is 4.37. The van der Waals surface area contributed by atoms with E-state index in [4.69, 9.17) is 0 Å². The molecule has 0 aromatic heterocycles. The molecule has 0 aromatic carbocycles. The summed E-state index contributed by atoms with van der Waals surface area (Å²) in [4.78, 5) is 12.7. The lowest BCUT2D eigenvalue weighted by atomic mass is 10.6. The number of hydrogen-bond acceptors (Lipinski definition) is 3. The molecule has 1 saturated heterocycles. The van der Waals surface area contributed by atoms with Crippen molar-refractivity contribution in [3.8, 4) is 0 Å². The van der Waals surface area contributed by atoms with E-state index in [0.29, 0.717) is 6.61 Å². The van der Waals surface area contributed by atoms with E-state index in [2.05, 4.69) is 4.74 Å². The molecule has 56 valence electrons. The third-order valence-corrected chi connectivity index (χ3v) is 1.19. The van der Waals surface area contributed by atoms with E-state index in [9.17, 15) is 4.79 Å². The van der Waals surface area contributed by atoms with Crippen LogP contribution in [0.2, 0.25) is 0 Å². The summed E-state index contributed by atoms with van der Waals surface area (Å²) in [5.74, 6) is -0.255. The molecule has 0 aromatic rings. The average Bonchev–Trinajstić information content (AvgIpc) is 2.67. The number of esters is 1. The van der Waals surface area contributed by atoms with Gasteiger partial charge in [-0.1, -0.05) is 0 Å². The minimum atomic E-state index is -0.255. The van der Waals surface area contributed by atoms with Crippen LogP contribution in [0.5, 0.6) is 0 Å². The summed E-state index contributed by atoms with van der Waals surface area (Å²) in [7, 11) is 0. The van der Waals surface area contributed by atoms with Crippen LogP contribution >= 0.6 is 0 Å². The molecule has 1 fully saturated rings. The number of ether oxygens (including phenoxy) is 1. The van der Waals surface area contributed by atoms with Gasteiger partial charge in [0.2, 0.25) is 0 Å². The van der Waals surface area contributed by atoms with Gasteiger partial charge in [0.15, 0.2) is 0 Å². The Bertz CT molecular complexity index is 150. The number of carbonyl (C=O) groups excluding carboxylic acids is 1. The average molecular weight is 141 g/mol. The minimum Gasteiger partial charge on any atom is -0.463 e. The maximum atomic E-state index is 10.6. The fourth-order valence-corrected chi connectivity index (χ4v) is 0.563. The van der Waals surface area contributed by atoms with Crippen LogP contribution in [-0.4, -0.2) is 30.6 Å². The van der Waals surface area contributed by atoms with Crippen molar-refractivity contribution in [2.45, 2.75) is 6.92 Å². The maximum absolute atomic E-state index is 10.6. The molecule has 1 rings (SSSR count). The first-order valence-electron chi connectivity index (χ1n) is 3.42. The van der Waals surface area contributed by atoms with Crippen LogP contribution in [0.1, 0.15) is 6.92 Å². The van der Waals surface area contributed by atoms with Crippen LogP contribution in [0.3, 0.4) is 0 Å². The Morgan fingerprint density at radius 3 is 2.90 bits per heavy atom. The van der Waals surface area contributed by atoms with Gasteiger partial charge in [-0.15, -0.1) is 0 Å². The minimum absolute atomic E-state index is 0.255. The topological polar surface area (TPSA) is 29.3 Å².